The van der Waals surface area contributed by atoms with Crippen molar-refractivity contribution in [3.63, 3.8) is 0 Å². The molecule has 4 fully saturated rings. The molecule has 4 aliphatic carbocycles. The van der Waals surface area contributed by atoms with Crippen molar-refractivity contribution in [1.29, 1.82) is 0 Å². The summed E-state index contributed by atoms with van der Waals surface area (Å²) in [5, 5.41) is 0. The third-order valence-electron chi connectivity index (χ3n) is 6.44. The Kier molecular flexibility index (Phi) is 24.7. The molecule has 0 heterocycles. The van der Waals surface area contributed by atoms with Crippen LogP contribution in [0.3, 0.4) is 0 Å². The molecule has 0 N–H and O–H groups in total. The zero-order valence-corrected chi connectivity index (χ0v) is 29.8. The number of hydrogen-bond donors (Lipinski definition) is 0. The summed E-state index contributed by atoms with van der Waals surface area (Å²) in [6.07, 6.45) is 21.3. The topological polar surface area (TPSA) is 0 Å². The maximum Gasteiger partial charge on any atom is 2.00 e. The first-order valence-corrected chi connectivity index (χ1v) is 10.7. The van der Waals surface area contributed by atoms with Crippen molar-refractivity contribution >= 4 is 0 Å². The first-order valence-electron chi connectivity index (χ1n) is 10.7. The second kappa shape index (κ2) is 19.4. The molecule has 0 aliphatic heterocycles. The van der Waals surface area contributed by atoms with Crippen LogP contribution in [0.1, 0.15) is 98.3 Å². The summed E-state index contributed by atoms with van der Waals surface area (Å²) in [5.74, 6) is 6.45. The molecule has 0 radical (unpaired) electrons. The van der Waals surface area contributed by atoms with Crippen LogP contribution in [-0.4, -0.2) is 0 Å². The maximum absolute atomic E-state index is 2.53. The van der Waals surface area contributed by atoms with E-state index >= 15 is 0 Å². The van der Waals surface area contributed by atoms with Crippen LogP contribution in [0.25, 0.3) is 0 Å². The second-order valence-electron chi connectivity index (χ2n) is 9.34. The molecule has 4 heteroatoms. The van der Waals surface area contributed by atoms with Gasteiger partial charge in [0, 0.05) is 63.2 Å². The first-order chi connectivity index (χ1) is 11.1. The van der Waals surface area contributed by atoms with Crippen molar-refractivity contribution in [2.24, 2.45) is 35.5 Å². The summed E-state index contributed by atoms with van der Waals surface area (Å²) in [6.45, 7) is 8.74. The van der Waals surface area contributed by atoms with Crippen molar-refractivity contribution in [3.8, 4) is 0 Å². The van der Waals surface area contributed by atoms with E-state index in [4.69, 9.17) is 0 Å². The van der Waals surface area contributed by atoms with Crippen LogP contribution in [0.15, 0.2) is 0 Å². The first kappa shape index (κ1) is 34.4. The molecule has 0 saturated heterocycles. The molecule has 4 atom stereocenters. The summed E-state index contributed by atoms with van der Waals surface area (Å²) >= 11 is 0. The molecule has 27 heavy (non-hydrogen) atoms. The Morgan fingerprint density at radius 3 is 1.74 bits per heavy atom. The molecular formula is C23H42W4. The van der Waals surface area contributed by atoms with E-state index in [0.717, 1.165) is 35.5 Å². The van der Waals surface area contributed by atoms with E-state index < -0.39 is 0 Å². The largest absolute Gasteiger partial charge is 2.00 e. The SMILES string of the molecule is CC(C)CC1CC2CCC(C2)C1.C[CH-]C.[CH-]1CCC2CCC1C2.[W+2].[W].[W].[W]. The summed E-state index contributed by atoms with van der Waals surface area (Å²) in [4.78, 5) is 0. The van der Waals surface area contributed by atoms with Gasteiger partial charge in [0.05, 0.1) is 0 Å². The van der Waals surface area contributed by atoms with Gasteiger partial charge in [0.25, 0.3) is 0 Å². The minimum atomic E-state index is 0. The van der Waals surface area contributed by atoms with E-state index in [2.05, 4.69) is 20.3 Å². The smallest absolute Gasteiger partial charge is 0.335 e. The average molecular weight is 1050 g/mol. The fraction of sp³-hybridized carbons (Fsp3) is 0.913. The van der Waals surface area contributed by atoms with Crippen LogP contribution in [-0.2, 0) is 84.3 Å². The molecule has 0 aromatic carbocycles. The van der Waals surface area contributed by atoms with E-state index in [0.29, 0.717) is 0 Å². The summed E-state index contributed by atoms with van der Waals surface area (Å²) < 4.78 is 0. The summed E-state index contributed by atoms with van der Waals surface area (Å²) in [7, 11) is 0. The Bertz CT molecular complexity index is 296. The van der Waals surface area contributed by atoms with Crippen molar-refractivity contribution in [2.45, 2.75) is 98.3 Å². The van der Waals surface area contributed by atoms with Crippen molar-refractivity contribution in [2.75, 3.05) is 0 Å². The predicted molar refractivity (Wildman–Crippen MR) is 103 cm³/mol. The zero-order valence-electron chi connectivity index (χ0n) is 18.0. The second-order valence-corrected chi connectivity index (χ2v) is 9.34. The third kappa shape index (κ3) is 13.7. The van der Waals surface area contributed by atoms with Crippen LogP contribution in [0, 0.1) is 48.3 Å². The van der Waals surface area contributed by atoms with Gasteiger partial charge in [-0.25, -0.2) is 0 Å². The van der Waals surface area contributed by atoms with E-state index in [1.807, 2.05) is 20.3 Å². The minimum Gasteiger partial charge on any atom is -0.335 e. The van der Waals surface area contributed by atoms with Gasteiger partial charge in [0.15, 0.2) is 0 Å². The van der Waals surface area contributed by atoms with Gasteiger partial charge in [0.1, 0.15) is 0 Å². The van der Waals surface area contributed by atoms with Crippen LogP contribution < -0.4 is 0 Å². The van der Waals surface area contributed by atoms with Gasteiger partial charge in [-0.15, -0.1) is 0 Å². The fourth-order valence-electron chi connectivity index (χ4n) is 5.66. The van der Waals surface area contributed by atoms with Gasteiger partial charge in [-0.05, 0) is 55.3 Å². The van der Waals surface area contributed by atoms with Gasteiger partial charge in [0.2, 0.25) is 0 Å². The van der Waals surface area contributed by atoms with Crippen molar-refractivity contribution in [1.82, 2.24) is 0 Å². The number of fused-ring (bicyclic) bond motifs is 4. The molecule has 0 nitrogen and oxygen atoms in total. The molecule has 4 bridgehead atoms. The Hall–Kier alpha value is 2.75. The van der Waals surface area contributed by atoms with Crippen LogP contribution >= 0.6 is 0 Å². The van der Waals surface area contributed by atoms with Crippen LogP contribution in [0.4, 0.5) is 0 Å². The van der Waals surface area contributed by atoms with E-state index in [-0.39, 0.29) is 84.3 Å². The normalized spacial score (nSPS) is 32.1. The molecule has 0 spiro atoms. The molecule has 4 unspecified atom stereocenters. The molecule has 0 amide bonds. The van der Waals surface area contributed by atoms with E-state index in [1.54, 1.807) is 32.1 Å². The average Bonchev–Trinajstić information content (AvgIpc) is 3.02. The molecule has 0 aromatic heterocycles. The molecule has 4 saturated carbocycles. The molecule has 4 aliphatic rings. The van der Waals surface area contributed by atoms with Crippen LogP contribution in [0.2, 0.25) is 0 Å². The van der Waals surface area contributed by atoms with Gasteiger partial charge in [-0.3, -0.25) is 0 Å². The monoisotopic (exact) mass is 1050 g/mol. The minimum absolute atomic E-state index is 0. The van der Waals surface area contributed by atoms with Gasteiger partial charge in [-0.1, -0.05) is 52.4 Å². The van der Waals surface area contributed by atoms with Gasteiger partial charge in [-0.2, -0.15) is 26.2 Å². The quantitative estimate of drug-likeness (QED) is 0.252. The Morgan fingerprint density at radius 2 is 1.30 bits per heavy atom. The Balaban J connectivity index is -0.000000342. The van der Waals surface area contributed by atoms with Crippen LogP contribution in [0.5, 0.6) is 0 Å². The number of hydrogen-bond acceptors (Lipinski definition) is 0. The maximum atomic E-state index is 2.53. The zero-order chi connectivity index (χ0) is 16.7. The van der Waals surface area contributed by atoms with Gasteiger partial charge < -0.3 is 12.8 Å². The van der Waals surface area contributed by atoms with Gasteiger partial charge >= 0.3 is 21.1 Å². The summed E-state index contributed by atoms with van der Waals surface area (Å²) in [5.41, 5.74) is 0. The Morgan fingerprint density at radius 1 is 0.778 bits per heavy atom. The third-order valence-corrected chi connectivity index (χ3v) is 6.44. The predicted octanol–water partition coefficient (Wildman–Crippen LogP) is 7.48. The standard InChI is InChI=1S/C12H22.C8H13.C3H7.4W/c1-9(2)5-12-7-10-3-4-11(6-10)8-12;1-2-7-4-5-8(3-1)6-7;1-3-2;;;;/h9-12H,3-8H2,1-2H3;2,7-8H,1,3-6H2;3H,1-2H3;;;;/q;2*-1;;;;+2. The fourth-order valence-corrected chi connectivity index (χ4v) is 5.66. The molecule has 0 aromatic rings. The van der Waals surface area contributed by atoms with E-state index in [1.165, 1.54) is 38.5 Å². The van der Waals surface area contributed by atoms with Crippen molar-refractivity contribution in [3.05, 3.63) is 12.8 Å². The Labute approximate surface area is 228 Å². The molecule has 4 rings (SSSR count). The molecular weight excluding hydrogens is 1010 g/mol. The van der Waals surface area contributed by atoms with E-state index in [9.17, 15) is 0 Å². The summed E-state index contributed by atoms with van der Waals surface area (Å²) in [6, 6.07) is 0. The van der Waals surface area contributed by atoms with Crippen molar-refractivity contribution < 1.29 is 84.3 Å². The molecule has 158 valence electrons. The number of rotatable bonds is 2.